The van der Waals surface area contributed by atoms with Gasteiger partial charge in [-0.3, -0.25) is 0 Å². The third kappa shape index (κ3) is 5.51. The molecule has 0 spiro atoms. The Morgan fingerprint density at radius 1 is 0.697 bits per heavy atom. The highest BCUT2D eigenvalue weighted by Crippen LogP contribution is 2.19. The number of H-pyrrole nitrogens is 1. The number of benzene rings is 3. The second kappa shape index (κ2) is 9.91. The lowest BCUT2D eigenvalue weighted by Gasteiger charge is -2.09. The van der Waals surface area contributed by atoms with Crippen LogP contribution in [0, 0.1) is 0 Å². The van der Waals surface area contributed by atoms with E-state index in [1.165, 1.54) is 11.1 Å². The summed E-state index contributed by atoms with van der Waals surface area (Å²) in [6, 6.07) is 28.5. The van der Waals surface area contributed by atoms with Gasteiger partial charge in [0.2, 0.25) is 0 Å². The van der Waals surface area contributed by atoms with E-state index in [0.717, 1.165) is 40.9 Å². The van der Waals surface area contributed by atoms with Crippen molar-refractivity contribution in [2.75, 3.05) is 0 Å². The molecule has 7 nitrogen and oxygen atoms in total. The van der Waals surface area contributed by atoms with Crippen LogP contribution >= 0.6 is 0 Å². The molecule has 0 bridgehead atoms. The SMILES string of the molecule is c1cc(CCc2ccc(OCc3ccc4ccccc4n3)cc2)cc(OCc2nnn[nH]2)c1. The van der Waals surface area contributed by atoms with Gasteiger partial charge in [-0.15, -0.1) is 5.10 Å². The first kappa shape index (κ1) is 20.6. The number of nitrogens with one attached hydrogen (secondary N) is 1. The highest BCUT2D eigenvalue weighted by molar-refractivity contribution is 5.78. The summed E-state index contributed by atoms with van der Waals surface area (Å²) in [6.45, 7) is 0.758. The second-order valence-electron chi connectivity index (χ2n) is 7.71. The van der Waals surface area contributed by atoms with Crippen molar-refractivity contribution >= 4 is 10.9 Å². The zero-order valence-electron chi connectivity index (χ0n) is 18.0. The number of aromatic nitrogens is 5. The van der Waals surface area contributed by atoms with Crippen molar-refractivity contribution in [3.63, 3.8) is 0 Å². The maximum absolute atomic E-state index is 5.94. The number of rotatable bonds is 9. The molecule has 33 heavy (non-hydrogen) atoms. The monoisotopic (exact) mass is 437 g/mol. The minimum absolute atomic E-state index is 0.312. The zero-order valence-corrected chi connectivity index (χ0v) is 18.0. The van der Waals surface area contributed by atoms with Crippen molar-refractivity contribution in [1.82, 2.24) is 25.6 Å². The Morgan fingerprint density at radius 3 is 2.42 bits per heavy atom. The van der Waals surface area contributed by atoms with Gasteiger partial charge in [0.25, 0.3) is 0 Å². The van der Waals surface area contributed by atoms with Crippen LogP contribution < -0.4 is 9.47 Å². The van der Waals surface area contributed by atoms with Gasteiger partial charge >= 0.3 is 0 Å². The Kier molecular flexibility index (Phi) is 6.20. The summed E-state index contributed by atoms with van der Waals surface area (Å²) in [7, 11) is 0. The van der Waals surface area contributed by atoms with E-state index in [1.54, 1.807) is 0 Å². The molecule has 164 valence electrons. The first-order valence-corrected chi connectivity index (χ1v) is 10.8. The highest BCUT2D eigenvalue weighted by atomic mass is 16.5. The standard InChI is InChI=1S/C26H23N5O2/c1-2-7-25-21(5-1)12-13-22(27-25)17-32-23-14-10-19(11-15-23)8-9-20-4-3-6-24(16-20)33-18-26-28-30-31-29-26/h1-7,10-16H,8-9,17-18H2,(H,28,29,30,31). The lowest BCUT2D eigenvalue weighted by Crippen LogP contribution is -1.99. The van der Waals surface area contributed by atoms with Crippen molar-refractivity contribution in [3.8, 4) is 11.5 Å². The number of hydrogen-bond donors (Lipinski definition) is 1. The number of aromatic amines is 1. The van der Waals surface area contributed by atoms with Crippen molar-refractivity contribution < 1.29 is 9.47 Å². The van der Waals surface area contributed by atoms with Crippen molar-refractivity contribution in [2.45, 2.75) is 26.1 Å². The zero-order chi connectivity index (χ0) is 22.3. The van der Waals surface area contributed by atoms with Crippen LogP contribution in [0.4, 0.5) is 0 Å². The molecule has 0 saturated heterocycles. The molecule has 0 aliphatic carbocycles. The number of tetrazole rings is 1. The van der Waals surface area contributed by atoms with Gasteiger partial charge in [-0.05, 0) is 70.8 Å². The van der Waals surface area contributed by atoms with Gasteiger partial charge < -0.3 is 9.47 Å². The predicted octanol–water partition coefficient (Wildman–Crippen LogP) is 4.69. The van der Waals surface area contributed by atoms with Gasteiger partial charge in [0, 0.05) is 5.39 Å². The minimum atomic E-state index is 0.312. The van der Waals surface area contributed by atoms with E-state index >= 15 is 0 Å². The lowest BCUT2D eigenvalue weighted by molar-refractivity contribution is 0.295. The number of nitrogens with zero attached hydrogens (tertiary/aromatic N) is 4. The van der Waals surface area contributed by atoms with Crippen molar-refractivity contribution in [1.29, 1.82) is 0 Å². The fraction of sp³-hybridized carbons (Fsp3) is 0.154. The maximum atomic E-state index is 5.94. The molecular formula is C26H23N5O2. The van der Waals surface area contributed by atoms with Crippen LogP contribution in [-0.2, 0) is 26.1 Å². The van der Waals surface area contributed by atoms with E-state index in [4.69, 9.17) is 9.47 Å². The van der Waals surface area contributed by atoms with Crippen LogP contribution in [0.25, 0.3) is 10.9 Å². The van der Waals surface area contributed by atoms with Crippen LogP contribution in [0.1, 0.15) is 22.6 Å². The molecule has 0 atom stereocenters. The molecule has 2 aromatic heterocycles. The Morgan fingerprint density at radius 2 is 1.55 bits per heavy atom. The van der Waals surface area contributed by atoms with E-state index < -0.39 is 0 Å². The third-order valence-electron chi connectivity index (χ3n) is 5.33. The van der Waals surface area contributed by atoms with Gasteiger partial charge in [0.1, 0.15) is 24.7 Å². The molecule has 0 amide bonds. The molecule has 0 radical (unpaired) electrons. The number of hydrogen-bond acceptors (Lipinski definition) is 6. The molecule has 0 unspecified atom stereocenters. The molecule has 0 aliphatic heterocycles. The van der Waals surface area contributed by atoms with Crippen LogP contribution in [0.3, 0.4) is 0 Å². The fourth-order valence-electron chi connectivity index (χ4n) is 3.57. The number of ether oxygens (including phenoxy) is 2. The van der Waals surface area contributed by atoms with Crippen LogP contribution in [0.5, 0.6) is 11.5 Å². The van der Waals surface area contributed by atoms with E-state index in [9.17, 15) is 0 Å². The molecule has 2 heterocycles. The summed E-state index contributed by atoms with van der Waals surface area (Å²) in [4.78, 5) is 4.66. The summed E-state index contributed by atoms with van der Waals surface area (Å²) in [6.07, 6.45) is 1.85. The average molecular weight is 438 g/mol. The van der Waals surface area contributed by atoms with E-state index in [2.05, 4.69) is 62.0 Å². The van der Waals surface area contributed by atoms with Crippen molar-refractivity contribution in [2.24, 2.45) is 0 Å². The Balaban J connectivity index is 1.13. The Bertz CT molecular complexity index is 1320. The Hall–Kier alpha value is -4.26. The largest absolute Gasteiger partial charge is 0.487 e. The summed E-state index contributed by atoms with van der Waals surface area (Å²) in [5.41, 5.74) is 4.37. The molecule has 5 rings (SSSR count). The number of pyridine rings is 1. The quantitative estimate of drug-likeness (QED) is 0.360. The minimum Gasteiger partial charge on any atom is -0.487 e. The first-order chi connectivity index (χ1) is 16.3. The summed E-state index contributed by atoms with van der Waals surface area (Å²) in [5, 5.41) is 14.7. The van der Waals surface area contributed by atoms with Gasteiger partial charge in [-0.25, -0.2) is 10.1 Å². The van der Waals surface area contributed by atoms with Gasteiger partial charge in [0.05, 0.1) is 11.2 Å². The van der Waals surface area contributed by atoms with E-state index in [-0.39, 0.29) is 0 Å². The third-order valence-corrected chi connectivity index (χ3v) is 5.33. The molecule has 5 aromatic rings. The highest BCUT2D eigenvalue weighted by Gasteiger charge is 2.03. The van der Waals surface area contributed by atoms with Crippen LogP contribution in [0.2, 0.25) is 0 Å². The smallest absolute Gasteiger partial charge is 0.186 e. The number of fused-ring (bicyclic) bond motifs is 1. The molecule has 7 heteroatoms. The summed E-state index contributed by atoms with van der Waals surface area (Å²) >= 11 is 0. The van der Waals surface area contributed by atoms with E-state index in [1.807, 2.05) is 48.5 Å². The maximum Gasteiger partial charge on any atom is 0.186 e. The molecule has 1 N–H and O–H groups in total. The normalized spacial score (nSPS) is 10.9. The molecule has 0 fully saturated rings. The topological polar surface area (TPSA) is 85.8 Å². The molecule has 0 saturated carbocycles. The lowest BCUT2D eigenvalue weighted by atomic mass is 10.0. The number of para-hydroxylation sites is 1. The summed E-state index contributed by atoms with van der Waals surface area (Å²) < 4.78 is 11.7. The fourth-order valence-corrected chi connectivity index (χ4v) is 3.57. The van der Waals surface area contributed by atoms with Crippen LogP contribution in [-0.4, -0.2) is 25.6 Å². The second-order valence-corrected chi connectivity index (χ2v) is 7.71. The Labute approximate surface area is 191 Å². The van der Waals surface area contributed by atoms with E-state index in [0.29, 0.717) is 19.0 Å². The molecule has 3 aromatic carbocycles. The average Bonchev–Trinajstić information content (AvgIpc) is 3.40. The molecule has 0 aliphatic rings. The first-order valence-electron chi connectivity index (χ1n) is 10.8. The van der Waals surface area contributed by atoms with Crippen LogP contribution in [0.15, 0.2) is 84.9 Å². The van der Waals surface area contributed by atoms with Gasteiger partial charge in [0.15, 0.2) is 5.82 Å². The predicted molar refractivity (Wildman–Crippen MR) is 125 cm³/mol. The number of aryl methyl sites for hydroxylation is 2. The van der Waals surface area contributed by atoms with Gasteiger partial charge in [-0.2, -0.15) is 0 Å². The van der Waals surface area contributed by atoms with Gasteiger partial charge in [-0.1, -0.05) is 48.5 Å². The summed E-state index contributed by atoms with van der Waals surface area (Å²) in [5.74, 6) is 2.24. The molecular weight excluding hydrogens is 414 g/mol. The van der Waals surface area contributed by atoms with Crippen molar-refractivity contribution in [3.05, 3.63) is 108 Å².